The van der Waals surface area contributed by atoms with E-state index in [9.17, 15) is 9.90 Å². The number of nitrogens with one attached hydrogen (secondary N) is 1. The van der Waals surface area contributed by atoms with E-state index in [1.165, 1.54) is 0 Å². The summed E-state index contributed by atoms with van der Waals surface area (Å²) in [4.78, 5) is 16.1. The van der Waals surface area contributed by atoms with Crippen LogP contribution in [0.5, 0.6) is 5.75 Å². The van der Waals surface area contributed by atoms with Crippen LogP contribution in [-0.4, -0.2) is 22.0 Å². The Morgan fingerprint density at radius 3 is 2.62 bits per heavy atom. The lowest BCUT2D eigenvalue weighted by atomic mass is 10.1. The molecule has 2 aromatic rings. The third-order valence-corrected chi connectivity index (χ3v) is 3.61. The molecule has 21 heavy (non-hydrogen) atoms. The standard InChI is InChI=1S/C16H17BrN2O2/c1-11(2-3-12-4-7-14(20)8-5-12)19-16(21)15-9-6-13(17)10-18-15/h4-11,20H,2-3H2,1H3,(H,19,21). The summed E-state index contributed by atoms with van der Waals surface area (Å²) >= 11 is 3.29. The van der Waals surface area contributed by atoms with Crippen LogP contribution in [0.4, 0.5) is 0 Å². The van der Waals surface area contributed by atoms with E-state index < -0.39 is 0 Å². The number of nitrogens with zero attached hydrogens (tertiary/aromatic N) is 1. The number of rotatable bonds is 5. The maximum Gasteiger partial charge on any atom is 0.270 e. The van der Waals surface area contributed by atoms with Crippen molar-refractivity contribution in [2.24, 2.45) is 0 Å². The topological polar surface area (TPSA) is 62.2 Å². The molecule has 1 aromatic heterocycles. The Morgan fingerprint density at radius 2 is 2.00 bits per heavy atom. The number of aryl methyl sites for hydroxylation is 1. The fraction of sp³-hybridized carbons (Fsp3) is 0.250. The van der Waals surface area contributed by atoms with Gasteiger partial charge in [0.15, 0.2) is 0 Å². The number of hydrogen-bond acceptors (Lipinski definition) is 3. The number of amides is 1. The van der Waals surface area contributed by atoms with Gasteiger partial charge in [-0.05, 0) is 65.5 Å². The highest BCUT2D eigenvalue weighted by Gasteiger charge is 2.10. The molecule has 0 radical (unpaired) electrons. The molecule has 0 saturated heterocycles. The Kier molecular flexibility index (Phi) is 5.33. The second kappa shape index (κ2) is 7.22. The molecule has 0 aliphatic carbocycles. The highest BCUT2D eigenvalue weighted by atomic mass is 79.9. The molecule has 2 rings (SSSR count). The first kappa shape index (κ1) is 15.5. The van der Waals surface area contributed by atoms with Crippen molar-refractivity contribution in [2.45, 2.75) is 25.8 Å². The molecule has 0 bridgehead atoms. The van der Waals surface area contributed by atoms with Crippen LogP contribution >= 0.6 is 15.9 Å². The summed E-state index contributed by atoms with van der Waals surface area (Å²) in [5, 5.41) is 12.2. The van der Waals surface area contributed by atoms with E-state index in [4.69, 9.17) is 0 Å². The molecule has 0 aliphatic heterocycles. The van der Waals surface area contributed by atoms with E-state index >= 15 is 0 Å². The third kappa shape index (κ3) is 4.86. The van der Waals surface area contributed by atoms with Crippen LogP contribution in [0.1, 0.15) is 29.4 Å². The van der Waals surface area contributed by atoms with Gasteiger partial charge >= 0.3 is 0 Å². The zero-order chi connectivity index (χ0) is 15.2. The van der Waals surface area contributed by atoms with Crippen LogP contribution in [0, 0.1) is 0 Å². The van der Waals surface area contributed by atoms with Gasteiger partial charge in [-0.2, -0.15) is 0 Å². The summed E-state index contributed by atoms with van der Waals surface area (Å²) in [6.45, 7) is 1.97. The molecule has 0 aliphatic rings. The van der Waals surface area contributed by atoms with Crippen LogP contribution in [0.15, 0.2) is 47.1 Å². The summed E-state index contributed by atoms with van der Waals surface area (Å²) in [6, 6.07) is 10.7. The van der Waals surface area contributed by atoms with Gasteiger partial charge in [0.2, 0.25) is 0 Å². The monoisotopic (exact) mass is 348 g/mol. The van der Waals surface area contributed by atoms with Crippen LogP contribution < -0.4 is 5.32 Å². The minimum Gasteiger partial charge on any atom is -0.508 e. The molecule has 110 valence electrons. The Bertz CT molecular complexity index is 597. The van der Waals surface area contributed by atoms with Gasteiger partial charge in [0, 0.05) is 16.7 Å². The molecule has 1 atom stereocenters. The molecule has 1 unspecified atom stereocenters. The minimum absolute atomic E-state index is 0.0525. The van der Waals surface area contributed by atoms with Crippen molar-refractivity contribution in [1.29, 1.82) is 0 Å². The first-order valence-electron chi connectivity index (χ1n) is 6.75. The van der Waals surface area contributed by atoms with E-state index in [0.717, 1.165) is 22.9 Å². The zero-order valence-corrected chi connectivity index (χ0v) is 13.3. The minimum atomic E-state index is -0.166. The number of halogens is 1. The maximum atomic E-state index is 12.0. The highest BCUT2D eigenvalue weighted by molar-refractivity contribution is 9.10. The lowest BCUT2D eigenvalue weighted by molar-refractivity contribution is 0.0933. The Hall–Kier alpha value is -1.88. The van der Waals surface area contributed by atoms with Crippen LogP contribution in [0.2, 0.25) is 0 Å². The highest BCUT2D eigenvalue weighted by Crippen LogP contribution is 2.12. The summed E-state index contributed by atoms with van der Waals surface area (Å²) in [6.07, 6.45) is 3.28. The average Bonchev–Trinajstić information content (AvgIpc) is 2.47. The molecule has 4 nitrogen and oxygen atoms in total. The molecule has 0 spiro atoms. The van der Waals surface area contributed by atoms with Gasteiger partial charge in [-0.3, -0.25) is 4.79 Å². The number of phenolic OH excluding ortho intramolecular Hbond substituents is 1. The predicted molar refractivity (Wildman–Crippen MR) is 85.3 cm³/mol. The number of hydrogen-bond donors (Lipinski definition) is 2. The van der Waals surface area contributed by atoms with Crippen molar-refractivity contribution in [3.8, 4) is 5.75 Å². The lowest BCUT2D eigenvalue weighted by Gasteiger charge is -2.13. The normalized spacial score (nSPS) is 11.9. The Balaban J connectivity index is 1.83. The van der Waals surface area contributed by atoms with Gasteiger partial charge in [-0.25, -0.2) is 4.98 Å². The van der Waals surface area contributed by atoms with Crippen molar-refractivity contribution in [1.82, 2.24) is 10.3 Å². The van der Waals surface area contributed by atoms with Gasteiger partial charge in [-0.15, -0.1) is 0 Å². The number of aromatic hydroxyl groups is 1. The third-order valence-electron chi connectivity index (χ3n) is 3.14. The first-order valence-corrected chi connectivity index (χ1v) is 7.54. The van der Waals surface area contributed by atoms with Crippen molar-refractivity contribution < 1.29 is 9.90 Å². The largest absolute Gasteiger partial charge is 0.508 e. The fourth-order valence-electron chi connectivity index (χ4n) is 1.93. The van der Waals surface area contributed by atoms with Crippen molar-refractivity contribution in [3.05, 3.63) is 58.3 Å². The quantitative estimate of drug-likeness (QED) is 0.871. The predicted octanol–water partition coefficient (Wildman–Crippen LogP) is 3.30. The number of carbonyl (C=O) groups excluding carboxylic acids is 1. The number of carbonyl (C=O) groups is 1. The molecular formula is C16H17BrN2O2. The van der Waals surface area contributed by atoms with Gasteiger partial charge in [0.05, 0.1) is 0 Å². The van der Waals surface area contributed by atoms with Gasteiger partial charge < -0.3 is 10.4 Å². The molecular weight excluding hydrogens is 332 g/mol. The Morgan fingerprint density at radius 1 is 1.29 bits per heavy atom. The van der Waals surface area contributed by atoms with E-state index in [0.29, 0.717) is 5.69 Å². The van der Waals surface area contributed by atoms with Crippen LogP contribution in [0.3, 0.4) is 0 Å². The van der Waals surface area contributed by atoms with Crippen LogP contribution in [-0.2, 0) is 6.42 Å². The van der Waals surface area contributed by atoms with Crippen LogP contribution in [0.25, 0.3) is 0 Å². The van der Waals surface area contributed by atoms with E-state index in [-0.39, 0.29) is 17.7 Å². The van der Waals surface area contributed by atoms with Crippen molar-refractivity contribution in [2.75, 3.05) is 0 Å². The van der Waals surface area contributed by atoms with Gasteiger partial charge in [0.1, 0.15) is 11.4 Å². The van der Waals surface area contributed by atoms with Gasteiger partial charge in [0.25, 0.3) is 5.91 Å². The SMILES string of the molecule is CC(CCc1ccc(O)cc1)NC(=O)c1ccc(Br)cn1. The molecule has 1 aromatic carbocycles. The zero-order valence-electron chi connectivity index (χ0n) is 11.7. The molecule has 2 N–H and O–H groups in total. The molecule has 0 saturated carbocycles. The summed E-state index contributed by atoms with van der Waals surface area (Å²) in [5.41, 5.74) is 1.55. The average molecular weight is 349 g/mol. The molecule has 1 amide bonds. The Labute approximate surface area is 132 Å². The summed E-state index contributed by atoms with van der Waals surface area (Å²) in [5.74, 6) is 0.0992. The van der Waals surface area contributed by atoms with E-state index in [2.05, 4.69) is 26.2 Å². The summed E-state index contributed by atoms with van der Waals surface area (Å²) in [7, 11) is 0. The summed E-state index contributed by atoms with van der Waals surface area (Å²) < 4.78 is 0.847. The number of phenols is 1. The van der Waals surface area contributed by atoms with Crippen molar-refractivity contribution in [3.63, 3.8) is 0 Å². The smallest absolute Gasteiger partial charge is 0.270 e. The van der Waals surface area contributed by atoms with E-state index in [1.807, 2.05) is 19.1 Å². The van der Waals surface area contributed by atoms with Gasteiger partial charge in [-0.1, -0.05) is 12.1 Å². The second-order valence-corrected chi connectivity index (χ2v) is 5.86. The van der Waals surface area contributed by atoms with Crippen molar-refractivity contribution >= 4 is 21.8 Å². The maximum absolute atomic E-state index is 12.0. The fourth-order valence-corrected chi connectivity index (χ4v) is 2.16. The lowest BCUT2D eigenvalue weighted by Crippen LogP contribution is -2.33. The number of benzene rings is 1. The molecule has 1 heterocycles. The van der Waals surface area contributed by atoms with E-state index in [1.54, 1.807) is 30.5 Å². The number of aromatic nitrogens is 1. The number of pyridine rings is 1. The molecule has 5 heteroatoms. The first-order chi connectivity index (χ1) is 10.0. The second-order valence-electron chi connectivity index (χ2n) is 4.94. The molecule has 0 fully saturated rings.